The van der Waals surface area contributed by atoms with Crippen LogP contribution in [0.25, 0.3) is 0 Å². The van der Waals surface area contributed by atoms with Crippen molar-refractivity contribution in [3.8, 4) is 0 Å². The molecule has 1 amide bonds. The number of nitrogens with zero attached hydrogens (tertiary/aromatic N) is 4. The highest BCUT2D eigenvalue weighted by molar-refractivity contribution is 5.77. The summed E-state index contributed by atoms with van der Waals surface area (Å²) in [5, 5.41) is 0. The van der Waals surface area contributed by atoms with Crippen LogP contribution in [-0.2, 0) is 28.0 Å². The van der Waals surface area contributed by atoms with E-state index >= 15 is 0 Å². The van der Waals surface area contributed by atoms with Gasteiger partial charge in [0.15, 0.2) is 0 Å². The Morgan fingerprint density at radius 1 is 1.36 bits per heavy atom. The van der Waals surface area contributed by atoms with E-state index in [1.165, 1.54) is 0 Å². The van der Waals surface area contributed by atoms with Crippen molar-refractivity contribution in [2.24, 2.45) is 0 Å². The number of rotatable bonds is 3. The first-order valence-electron chi connectivity index (χ1n) is 9.22. The standard InChI is InChI=1S/C19H30N4O2/c1-13(2)22-6-7-25-15(11-22)8-17(24)23-10-14-9-20-18(19(3,4)5)21-16(14)12-23/h9,13,15H,6-8,10-12H2,1-5H3. The zero-order chi connectivity index (χ0) is 18.2. The number of hydrogen-bond acceptors (Lipinski definition) is 5. The molecule has 1 aromatic heterocycles. The smallest absolute Gasteiger partial charge is 0.225 e. The lowest BCUT2D eigenvalue weighted by molar-refractivity contribution is -0.137. The Kier molecular flexibility index (Phi) is 5.11. The highest BCUT2D eigenvalue weighted by atomic mass is 16.5. The Bertz CT molecular complexity index is 639. The number of carbonyl (C=O) groups excluding carboxylic acids is 1. The highest BCUT2D eigenvalue weighted by Crippen LogP contribution is 2.25. The van der Waals surface area contributed by atoms with Gasteiger partial charge in [0.05, 0.1) is 31.4 Å². The van der Waals surface area contributed by atoms with Gasteiger partial charge in [0.1, 0.15) is 5.82 Å². The van der Waals surface area contributed by atoms with Gasteiger partial charge in [-0.3, -0.25) is 9.69 Å². The van der Waals surface area contributed by atoms with Crippen LogP contribution in [0.4, 0.5) is 0 Å². The van der Waals surface area contributed by atoms with E-state index in [1.54, 1.807) is 0 Å². The van der Waals surface area contributed by atoms with E-state index in [1.807, 2.05) is 11.1 Å². The van der Waals surface area contributed by atoms with Gasteiger partial charge in [-0.25, -0.2) is 9.97 Å². The third kappa shape index (κ3) is 4.18. The lowest BCUT2D eigenvalue weighted by Crippen LogP contribution is -2.47. The van der Waals surface area contributed by atoms with Crippen LogP contribution in [0, 0.1) is 0 Å². The lowest BCUT2D eigenvalue weighted by Gasteiger charge is -2.35. The maximum atomic E-state index is 12.7. The van der Waals surface area contributed by atoms with Crippen LogP contribution in [0.15, 0.2) is 6.20 Å². The van der Waals surface area contributed by atoms with Crippen molar-refractivity contribution in [2.45, 2.75) is 71.7 Å². The van der Waals surface area contributed by atoms with E-state index in [9.17, 15) is 4.79 Å². The van der Waals surface area contributed by atoms with Crippen LogP contribution in [0.5, 0.6) is 0 Å². The Labute approximate surface area is 150 Å². The van der Waals surface area contributed by atoms with Crippen LogP contribution in [0.2, 0.25) is 0 Å². The number of carbonyl (C=O) groups is 1. The summed E-state index contributed by atoms with van der Waals surface area (Å²) in [5.41, 5.74) is 1.97. The summed E-state index contributed by atoms with van der Waals surface area (Å²) >= 11 is 0. The Morgan fingerprint density at radius 2 is 2.12 bits per heavy atom. The number of amides is 1. The molecule has 25 heavy (non-hydrogen) atoms. The molecule has 2 aliphatic heterocycles. The largest absolute Gasteiger partial charge is 0.375 e. The molecule has 6 nitrogen and oxygen atoms in total. The molecule has 6 heteroatoms. The SMILES string of the molecule is CC(C)N1CCOC(CC(=O)N2Cc3cnc(C(C)(C)C)nc3C2)C1. The molecule has 0 radical (unpaired) electrons. The summed E-state index contributed by atoms with van der Waals surface area (Å²) < 4.78 is 5.81. The van der Waals surface area contributed by atoms with Crippen LogP contribution in [0.1, 0.15) is 58.1 Å². The highest BCUT2D eigenvalue weighted by Gasteiger charge is 2.30. The molecule has 2 aliphatic rings. The van der Waals surface area contributed by atoms with E-state index in [4.69, 9.17) is 9.72 Å². The summed E-state index contributed by atoms with van der Waals surface area (Å²) in [7, 11) is 0. The van der Waals surface area contributed by atoms with Crippen molar-refractivity contribution in [3.05, 3.63) is 23.3 Å². The number of ether oxygens (including phenoxy) is 1. The average Bonchev–Trinajstić information content (AvgIpc) is 2.97. The monoisotopic (exact) mass is 346 g/mol. The van der Waals surface area contributed by atoms with E-state index in [2.05, 4.69) is 44.5 Å². The summed E-state index contributed by atoms with van der Waals surface area (Å²) in [6, 6.07) is 0.489. The minimum absolute atomic E-state index is 0.0106. The van der Waals surface area contributed by atoms with Crippen molar-refractivity contribution in [3.63, 3.8) is 0 Å². The Morgan fingerprint density at radius 3 is 2.80 bits per heavy atom. The molecule has 0 aromatic carbocycles. The van der Waals surface area contributed by atoms with Gasteiger partial charge in [-0.1, -0.05) is 20.8 Å². The minimum atomic E-state index is -0.0807. The van der Waals surface area contributed by atoms with Crippen molar-refractivity contribution >= 4 is 5.91 Å². The van der Waals surface area contributed by atoms with Crippen molar-refractivity contribution in [1.82, 2.24) is 19.8 Å². The van der Waals surface area contributed by atoms with Crippen LogP contribution in [0.3, 0.4) is 0 Å². The van der Waals surface area contributed by atoms with E-state index in [0.29, 0.717) is 32.2 Å². The van der Waals surface area contributed by atoms with E-state index in [0.717, 1.165) is 30.2 Å². The second-order valence-corrected chi connectivity index (χ2v) is 8.45. The van der Waals surface area contributed by atoms with Crippen molar-refractivity contribution < 1.29 is 9.53 Å². The molecule has 0 saturated carbocycles. The van der Waals surface area contributed by atoms with Crippen LogP contribution < -0.4 is 0 Å². The zero-order valence-corrected chi connectivity index (χ0v) is 16.1. The topological polar surface area (TPSA) is 58.6 Å². The molecule has 1 saturated heterocycles. The molecule has 1 unspecified atom stereocenters. The molecule has 3 heterocycles. The van der Waals surface area contributed by atoms with Crippen LogP contribution in [-0.4, -0.2) is 57.5 Å². The Balaban J connectivity index is 1.61. The van der Waals surface area contributed by atoms with Gasteiger partial charge < -0.3 is 9.64 Å². The molecule has 0 bridgehead atoms. The number of hydrogen-bond donors (Lipinski definition) is 0. The summed E-state index contributed by atoms with van der Waals surface area (Å²) in [4.78, 5) is 26.1. The van der Waals surface area contributed by atoms with E-state index < -0.39 is 0 Å². The maximum Gasteiger partial charge on any atom is 0.225 e. The number of aromatic nitrogens is 2. The summed E-state index contributed by atoms with van der Waals surface area (Å²) in [6.07, 6.45) is 2.31. The summed E-state index contributed by atoms with van der Waals surface area (Å²) in [6.45, 7) is 14.4. The third-order valence-electron chi connectivity index (χ3n) is 4.98. The summed E-state index contributed by atoms with van der Waals surface area (Å²) in [5.74, 6) is 0.981. The molecule has 0 spiro atoms. The Hall–Kier alpha value is -1.53. The molecule has 138 valence electrons. The average molecular weight is 346 g/mol. The van der Waals surface area contributed by atoms with Gasteiger partial charge in [0.25, 0.3) is 0 Å². The predicted octanol–water partition coefficient (Wildman–Crippen LogP) is 2.12. The normalized spacial score (nSPS) is 21.7. The number of fused-ring (bicyclic) bond motifs is 1. The van der Waals surface area contributed by atoms with Gasteiger partial charge >= 0.3 is 0 Å². The second kappa shape index (κ2) is 7.00. The van der Waals surface area contributed by atoms with Gasteiger partial charge in [-0.15, -0.1) is 0 Å². The fraction of sp³-hybridized carbons (Fsp3) is 0.737. The van der Waals surface area contributed by atoms with Crippen LogP contribution >= 0.6 is 0 Å². The minimum Gasteiger partial charge on any atom is -0.375 e. The van der Waals surface area contributed by atoms with Gasteiger partial charge in [0.2, 0.25) is 5.91 Å². The molecule has 1 fully saturated rings. The number of morpholine rings is 1. The molecule has 0 N–H and O–H groups in total. The lowest BCUT2D eigenvalue weighted by atomic mass is 9.95. The van der Waals surface area contributed by atoms with E-state index in [-0.39, 0.29) is 17.4 Å². The fourth-order valence-corrected chi connectivity index (χ4v) is 3.35. The first-order chi connectivity index (χ1) is 11.7. The van der Waals surface area contributed by atoms with Gasteiger partial charge in [-0.05, 0) is 13.8 Å². The predicted molar refractivity (Wildman–Crippen MR) is 96.1 cm³/mol. The van der Waals surface area contributed by atoms with Crippen molar-refractivity contribution in [2.75, 3.05) is 19.7 Å². The molecule has 1 atom stereocenters. The van der Waals surface area contributed by atoms with Crippen molar-refractivity contribution in [1.29, 1.82) is 0 Å². The molecule has 1 aromatic rings. The quantitative estimate of drug-likeness (QED) is 0.839. The molecular weight excluding hydrogens is 316 g/mol. The molecule has 0 aliphatic carbocycles. The third-order valence-corrected chi connectivity index (χ3v) is 4.98. The van der Waals surface area contributed by atoms with Gasteiger partial charge in [0, 0.05) is 42.9 Å². The first-order valence-corrected chi connectivity index (χ1v) is 9.22. The second-order valence-electron chi connectivity index (χ2n) is 8.45. The molecule has 3 rings (SSSR count). The maximum absolute atomic E-state index is 12.7. The fourth-order valence-electron chi connectivity index (χ4n) is 3.35. The van der Waals surface area contributed by atoms with Gasteiger partial charge in [-0.2, -0.15) is 0 Å². The molecular formula is C19H30N4O2. The zero-order valence-electron chi connectivity index (χ0n) is 16.1. The first kappa shape index (κ1) is 18.3.